The number of rotatable bonds is 2. The minimum absolute atomic E-state index is 0.209. The van der Waals surface area contributed by atoms with Gasteiger partial charge in [0.05, 0.1) is 10.5 Å². The summed E-state index contributed by atoms with van der Waals surface area (Å²) in [5.41, 5.74) is 11.2. The van der Waals surface area contributed by atoms with Crippen molar-refractivity contribution in [2.75, 3.05) is 0 Å². The van der Waals surface area contributed by atoms with Crippen LogP contribution in [0.1, 0.15) is 41.1 Å². The number of fused-ring (bicyclic) bond motifs is 1. The first-order valence-corrected chi connectivity index (χ1v) is 7.76. The lowest BCUT2D eigenvalue weighted by Crippen LogP contribution is -2.13. The molecule has 0 fully saturated rings. The minimum Gasteiger partial charge on any atom is -0.320 e. The molecule has 0 saturated carbocycles. The van der Waals surface area contributed by atoms with Gasteiger partial charge < -0.3 is 5.73 Å². The molecule has 0 aromatic heterocycles. The van der Waals surface area contributed by atoms with Gasteiger partial charge in [-0.05, 0) is 76.0 Å². The van der Waals surface area contributed by atoms with Crippen molar-refractivity contribution in [3.05, 3.63) is 68.9 Å². The average Bonchev–Trinajstić information content (AvgIpc) is 2.49. The molecule has 104 valence electrons. The van der Waals surface area contributed by atoms with Gasteiger partial charge in [-0.1, -0.05) is 24.3 Å². The molecule has 1 unspecified atom stereocenters. The van der Waals surface area contributed by atoms with Crippen LogP contribution in [-0.4, -0.2) is 0 Å². The van der Waals surface area contributed by atoms with Crippen LogP contribution in [0.3, 0.4) is 0 Å². The number of halogens is 2. The molecule has 1 nitrogen and oxygen atoms in total. The maximum Gasteiger partial charge on any atom is 0.137 e. The summed E-state index contributed by atoms with van der Waals surface area (Å²) in [6, 6.07) is 11.3. The van der Waals surface area contributed by atoms with Gasteiger partial charge in [-0.3, -0.25) is 0 Å². The molecule has 3 heteroatoms. The van der Waals surface area contributed by atoms with Crippen LogP contribution in [0, 0.1) is 5.82 Å². The van der Waals surface area contributed by atoms with Gasteiger partial charge in [-0.15, -0.1) is 0 Å². The Kier molecular flexibility index (Phi) is 3.90. The summed E-state index contributed by atoms with van der Waals surface area (Å²) in [5, 5.41) is 0. The SMILES string of the molecule is NC(c1ccc(F)c(Br)c1)c1ccc2c(c1)CCCC2. The van der Waals surface area contributed by atoms with E-state index < -0.39 is 0 Å². The van der Waals surface area contributed by atoms with Crippen LogP contribution in [-0.2, 0) is 12.8 Å². The number of aryl methyl sites for hydroxylation is 2. The Bertz CT molecular complexity index is 639. The number of benzene rings is 2. The Morgan fingerprint density at radius 2 is 1.60 bits per heavy atom. The molecule has 0 saturated heterocycles. The average molecular weight is 334 g/mol. The number of nitrogens with two attached hydrogens (primary N) is 1. The van der Waals surface area contributed by atoms with E-state index in [9.17, 15) is 4.39 Å². The predicted octanol–water partition coefficient (Wildman–Crippen LogP) is 4.52. The molecule has 0 amide bonds. The quantitative estimate of drug-likeness (QED) is 0.859. The Morgan fingerprint density at radius 3 is 2.35 bits per heavy atom. The third-order valence-electron chi connectivity index (χ3n) is 4.03. The zero-order chi connectivity index (χ0) is 14.1. The summed E-state index contributed by atoms with van der Waals surface area (Å²) < 4.78 is 13.8. The lowest BCUT2D eigenvalue weighted by atomic mass is 9.88. The first-order valence-electron chi connectivity index (χ1n) is 6.97. The van der Waals surface area contributed by atoms with Gasteiger partial charge in [-0.2, -0.15) is 0 Å². The van der Waals surface area contributed by atoms with Gasteiger partial charge in [0, 0.05) is 0 Å². The first-order chi connectivity index (χ1) is 9.65. The summed E-state index contributed by atoms with van der Waals surface area (Å²) in [4.78, 5) is 0. The molecule has 0 heterocycles. The molecule has 1 atom stereocenters. The second kappa shape index (κ2) is 5.66. The van der Waals surface area contributed by atoms with Gasteiger partial charge in [0.2, 0.25) is 0 Å². The molecule has 0 radical (unpaired) electrons. The molecular formula is C17H17BrFN. The zero-order valence-corrected chi connectivity index (χ0v) is 12.8. The van der Waals surface area contributed by atoms with E-state index in [1.807, 2.05) is 0 Å². The maximum atomic E-state index is 13.3. The van der Waals surface area contributed by atoms with Crippen LogP contribution >= 0.6 is 15.9 Å². The molecule has 2 aromatic carbocycles. The lowest BCUT2D eigenvalue weighted by Gasteiger charge is -2.19. The largest absolute Gasteiger partial charge is 0.320 e. The summed E-state index contributed by atoms with van der Waals surface area (Å²) in [6.07, 6.45) is 4.85. The summed E-state index contributed by atoms with van der Waals surface area (Å²) in [5.74, 6) is -0.258. The van der Waals surface area contributed by atoms with E-state index in [0.717, 1.165) is 17.5 Å². The van der Waals surface area contributed by atoms with E-state index in [4.69, 9.17) is 5.73 Å². The van der Waals surface area contributed by atoms with Gasteiger partial charge in [-0.25, -0.2) is 4.39 Å². The van der Waals surface area contributed by atoms with Gasteiger partial charge in [0.15, 0.2) is 0 Å². The molecule has 3 rings (SSSR count). The van der Waals surface area contributed by atoms with E-state index in [1.54, 1.807) is 12.1 Å². The van der Waals surface area contributed by atoms with E-state index >= 15 is 0 Å². The zero-order valence-electron chi connectivity index (χ0n) is 11.2. The molecule has 1 aliphatic rings. The first kappa shape index (κ1) is 13.8. The van der Waals surface area contributed by atoms with Crippen molar-refractivity contribution < 1.29 is 4.39 Å². The van der Waals surface area contributed by atoms with Gasteiger partial charge >= 0.3 is 0 Å². The third kappa shape index (κ3) is 2.65. The van der Waals surface area contributed by atoms with Crippen LogP contribution < -0.4 is 5.73 Å². The van der Waals surface area contributed by atoms with Crippen molar-refractivity contribution >= 4 is 15.9 Å². The fourth-order valence-corrected chi connectivity index (χ4v) is 3.24. The summed E-state index contributed by atoms with van der Waals surface area (Å²) >= 11 is 3.22. The van der Waals surface area contributed by atoms with E-state index in [2.05, 4.69) is 34.1 Å². The Labute approximate surface area is 127 Å². The Morgan fingerprint density at radius 1 is 0.950 bits per heavy atom. The van der Waals surface area contributed by atoms with Crippen LogP contribution in [0.2, 0.25) is 0 Å². The highest BCUT2D eigenvalue weighted by atomic mass is 79.9. The fraction of sp³-hybridized carbons (Fsp3) is 0.294. The van der Waals surface area contributed by atoms with E-state index in [1.165, 1.54) is 36.5 Å². The number of hydrogen-bond acceptors (Lipinski definition) is 1. The standard InChI is InChI=1S/C17H17BrFN/c18-15-10-14(7-8-16(15)19)17(20)13-6-5-11-3-1-2-4-12(11)9-13/h5-10,17H,1-4,20H2. The van der Waals surface area contributed by atoms with Gasteiger partial charge in [0.1, 0.15) is 5.82 Å². The lowest BCUT2D eigenvalue weighted by molar-refractivity contribution is 0.619. The van der Waals surface area contributed by atoms with Crippen LogP contribution in [0.4, 0.5) is 4.39 Å². The summed E-state index contributed by atoms with van der Waals surface area (Å²) in [6.45, 7) is 0. The van der Waals surface area contributed by atoms with Crippen molar-refractivity contribution in [1.29, 1.82) is 0 Å². The highest BCUT2D eigenvalue weighted by Crippen LogP contribution is 2.28. The predicted molar refractivity (Wildman–Crippen MR) is 83.2 cm³/mol. The van der Waals surface area contributed by atoms with Gasteiger partial charge in [0.25, 0.3) is 0 Å². The molecule has 0 bridgehead atoms. The van der Waals surface area contributed by atoms with Crippen molar-refractivity contribution in [1.82, 2.24) is 0 Å². The second-order valence-corrected chi connectivity index (χ2v) is 6.24. The second-order valence-electron chi connectivity index (χ2n) is 5.39. The molecule has 1 aliphatic carbocycles. The third-order valence-corrected chi connectivity index (χ3v) is 4.64. The van der Waals surface area contributed by atoms with Crippen LogP contribution in [0.15, 0.2) is 40.9 Å². The molecular weight excluding hydrogens is 317 g/mol. The van der Waals surface area contributed by atoms with Crippen LogP contribution in [0.5, 0.6) is 0 Å². The molecule has 2 N–H and O–H groups in total. The van der Waals surface area contributed by atoms with Crippen molar-refractivity contribution in [3.8, 4) is 0 Å². The smallest absolute Gasteiger partial charge is 0.137 e. The summed E-state index contributed by atoms with van der Waals surface area (Å²) in [7, 11) is 0. The van der Waals surface area contributed by atoms with Crippen molar-refractivity contribution in [3.63, 3.8) is 0 Å². The monoisotopic (exact) mass is 333 g/mol. The van der Waals surface area contributed by atoms with E-state index in [-0.39, 0.29) is 11.9 Å². The topological polar surface area (TPSA) is 26.0 Å². The number of hydrogen-bond donors (Lipinski definition) is 1. The van der Waals surface area contributed by atoms with Crippen molar-refractivity contribution in [2.45, 2.75) is 31.7 Å². The van der Waals surface area contributed by atoms with Crippen LogP contribution in [0.25, 0.3) is 0 Å². The van der Waals surface area contributed by atoms with E-state index in [0.29, 0.717) is 4.47 Å². The maximum absolute atomic E-state index is 13.3. The molecule has 0 spiro atoms. The Hall–Kier alpha value is -1.19. The fourth-order valence-electron chi connectivity index (χ4n) is 2.85. The molecule has 0 aliphatic heterocycles. The molecule has 2 aromatic rings. The highest BCUT2D eigenvalue weighted by molar-refractivity contribution is 9.10. The molecule has 20 heavy (non-hydrogen) atoms. The Balaban J connectivity index is 1.93. The normalized spacial score (nSPS) is 15.8. The highest BCUT2D eigenvalue weighted by Gasteiger charge is 2.14. The van der Waals surface area contributed by atoms with Crippen molar-refractivity contribution in [2.24, 2.45) is 5.73 Å². The minimum atomic E-state index is -0.258.